The first kappa shape index (κ1) is 18.7. The molecule has 0 saturated heterocycles. The molecule has 4 aromatic heterocycles. The number of rotatable bonds is 4. The minimum atomic E-state index is -0.431. The Kier molecular flexibility index (Phi) is 4.34. The summed E-state index contributed by atoms with van der Waals surface area (Å²) in [6, 6.07) is 15.8. The van der Waals surface area contributed by atoms with E-state index >= 15 is 0 Å². The van der Waals surface area contributed by atoms with Crippen molar-refractivity contribution in [1.29, 1.82) is 10.5 Å². The van der Waals surface area contributed by atoms with Crippen molar-refractivity contribution in [3.63, 3.8) is 0 Å². The Morgan fingerprint density at radius 2 is 2.00 bits per heavy atom. The lowest BCUT2D eigenvalue weighted by Crippen LogP contribution is -2.46. The number of fused-ring (bicyclic) bond motifs is 1. The summed E-state index contributed by atoms with van der Waals surface area (Å²) in [7, 11) is 0. The molecule has 0 unspecified atom stereocenters. The van der Waals surface area contributed by atoms with Crippen molar-refractivity contribution in [3.8, 4) is 34.8 Å². The van der Waals surface area contributed by atoms with Gasteiger partial charge in [0.2, 0.25) is 0 Å². The van der Waals surface area contributed by atoms with Crippen LogP contribution in [-0.2, 0) is 5.54 Å². The molecule has 1 fully saturated rings. The molecule has 0 radical (unpaired) electrons. The van der Waals surface area contributed by atoms with Crippen LogP contribution in [0.3, 0.4) is 0 Å². The molecular formula is C23H18N8. The average Bonchev–Trinajstić information content (AvgIpc) is 3.26. The predicted octanol–water partition coefficient (Wildman–Crippen LogP) is 3.68. The molecule has 0 atom stereocenters. The van der Waals surface area contributed by atoms with Crippen LogP contribution in [0.25, 0.3) is 33.5 Å². The first-order valence-electron chi connectivity index (χ1n) is 9.93. The van der Waals surface area contributed by atoms with E-state index in [0.717, 1.165) is 22.2 Å². The van der Waals surface area contributed by atoms with Gasteiger partial charge in [-0.25, -0.2) is 9.97 Å². The van der Waals surface area contributed by atoms with Crippen molar-refractivity contribution >= 4 is 16.7 Å². The maximum Gasteiger partial charge on any atom is 0.123 e. The quantitative estimate of drug-likeness (QED) is 0.547. The van der Waals surface area contributed by atoms with E-state index in [9.17, 15) is 10.5 Å². The topological polar surface area (TPSA) is 130 Å². The van der Waals surface area contributed by atoms with Crippen molar-refractivity contribution in [3.05, 3.63) is 55.0 Å². The molecule has 8 heteroatoms. The lowest BCUT2D eigenvalue weighted by atomic mass is 9.67. The van der Waals surface area contributed by atoms with E-state index in [0.29, 0.717) is 36.5 Å². The average molecular weight is 406 g/mol. The van der Waals surface area contributed by atoms with Crippen molar-refractivity contribution in [2.24, 2.45) is 5.92 Å². The van der Waals surface area contributed by atoms with Gasteiger partial charge < -0.3 is 5.73 Å². The number of nitrogen functional groups attached to an aromatic ring is 1. The number of anilines is 1. The van der Waals surface area contributed by atoms with Gasteiger partial charge in [0.1, 0.15) is 17.2 Å². The van der Waals surface area contributed by atoms with E-state index in [1.165, 1.54) is 0 Å². The van der Waals surface area contributed by atoms with Crippen LogP contribution in [0.2, 0.25) is 0 Å². The van der Waals surface area contributed by atoms with Crippen molar-refractivity contribution < 1.29 is 0 Å². The minimum Gasteiger partial charge on any atom is -0.384 e. The molecule has 0 amide bonds. The van der Waals surface area contributed by atoms with Crippen molar-refractivity contribution in [2.75, 3.05) is 5.73 Å². The van der Waals surface area contributed by atoms with Crippen molar-refractivity contribution in [2.45, 2.75) is 24.8 Å². The summed E-state index contributed by atoms with van der Waals surface area (Å²) in [5.74, 6) is 0.408. The molecule has 1 saturated carbocycles. The molecule has 150 valence electrons. The highest BCUT2D eigenvalue weighted by Gasteiger charge is 2.46. The van der Waals surface area contributed by atoms with Crippen LogP contribution >= 0.6 is 0 Å². The van der Waals surface area contributed by atoms with E-state index in [-0.39, 0.29) is 5.92 Å². The van der Waals surface area contributed by atoms with Gasteiger partial charge in [0.15, 0.2) is 0 Å². The first-order valence-corrected chi connectivity index (χ1v) is 9.93. The molecular weight excluding hydrogens is 388 g/mol. The fourth-order valence-corrected chi connectivity index (χ4v) is 4.20. The standard InChI is InChI=1S/C23H18N8/c24-7-6-23(11-15(12-23)13-25)31-9-5-18(30-31)22-17-2-1-8-27-20(17)10-19(29-22)16-3-4-21(26)28-14-16/h1-5,8-10,14-15H,6,11-12H2,(H2,26,28). The Morgan fingerprint density at radius 1 is 1.13 bits per heavy atom. The maximum atomic E-state index is 9.32. The summed E-state index contributed by atoms with van der Waals surface area (Å²) in [4.78, 5) is 13.5. The summed E-state index contributed by atoms with van der Waals surface area (Å²) in [6.07, 6.45) is 6.89. The van der Waals surface area contributed by atoms with Gasteiger partial charge in [-0.3, -0.25) is 9.67 Å². The van der Waals surface area contributed by atoms with Gasteiger partial charge in [-0.2, -0.15) is 15.6 Å². The van der Waals surface area contributed by atoms with Crippen LogP contribution in [0.1, 0.15) is 19.3 Å². The summed E-state index contributed by atoms with van der Waals surface area (Å²) >= 11 is 0. The Morgan fingerprint density at radius 3 is 2.74 bits per heavy atom. The van der Waals surface area contributed by atoms with Crippen LogP contribution in [-0.4, -0.2) is 24.7 Å². The molecule has 31 heavy (non-hydrogen) atoms. The number of nitrogens with zero attached hydrogens (tertiary/aromatic N) is 7. The zero-order valence-electron chi connectivity index (χ0n) is 16.6. The minimum absolute atomic E-state index is 0.0366. The lowest BCUT2D eigenvalue weighted by Gasteiger charge is -2.43. The molecule has 1 aliphatic rings. The number of hydrogen-bond donors (Lipinski definition) is 1. The third-order valence-electron chi connectivity index (χ3n) is 5.84. The smallest absolute Gasteiger partial charge is 0.123 e. The number of aromatic nitrogens is 5. The van der Waals surface area contributed by atoms with Gasteiger partial charge >= 0.3 is 0 Å². The highest BCUT2D eigenvalue weighted by molar-refractivity contribution is 5.93. The van der Waals surface area contributed by atoms with Gasteiger partial charge in [0, 0.05) is 29.5 Å². The number of hydrogen-bond acceptors (Lipinski definition) is 7. The normalized spacial score (nSPS) is 20.0. The molecule has 8 nitrogen and oxygen atoms in total. The molecule has 4 heterocycles. The monoisotopic (exact) mass is 406 g/mol. The summed E-state index contributed by atoms with van der Waals surface area (Å²) in [6.45, 7) is 0. The molecule has 4 aromatic rings. The van der Waals surface area contributed by atoms with Gasteiger partial charge in [0.05, 0.1) is 41.2 Å². The highest BCUT2D eigenvalue weighted by Crippen LogP contribution is 2.46. The fraction of sp³-hybridized carbons (Fsp3) is 0.217. The number of nitrogens with two attached hydrogens (primary N) is 1. The molecule has 2 N–H and O–H groups in total. The highest BCUT2D eigenvalue weighted by atomic mass is 15.3. The van der Waals surface area contributed by atoms with Crippen LogP contribution in [0.4, 0.5) is 5.82 Å². The first-order chi connectivity index (χ1) is 15.1. The summed E-state index contributed by atoms with van der Waals surface area (Å²) in [5, 5.41) is 24.2. The Balaban J connectivity index is 1.62. The van der Waals surface area contributed by atoms with Crippen LogP contribution < -0.4 is 5.73 Å². The van der Waals surface area contributed by atoms with E-state index in [4.69, 9.17) is 15.8 Å². The SMILES string of the molecule is N#CCC1(n2ccc(-c3nc(-c4ccc(N)nc4)cc4ncccc34)n2)CC(C#N)C1. The molecule has 0 spiro atoms. The van der Waals surface area contributed by atoms with Crippen molar-refractivity contribution in [1.82, 2.24) is 24.7 Å². The lowest BCUT2D eigenvalue weighted by molar-refractivity contribution is 0.0884. The third-order valence-corrected chi connectivity index (χ3v) is 5.84. The number of nitriles is 2. The van der Waals surface area contributed by atoms with E-state index in [1.54, 1.807) is 18.5 Å². The largest absolute Gasteiger partial charge is 0.384 e. The zero-order chi connectivity index (χ0) is 21.4. The molecule has 1 aliphatic carbocycles. The fourth-order valence-electron chi connectivity index (χ4n) is 4.20. The van der Waals surface area contributed by atoms with E-state index in [2.05, 4.69) is 22.1 Å². The second-order valence-corrected chi connectivity index (χ2v) is 7.84. The third kappa shape index (κ3) is 3.15. The Hall–Kier alpha value is -4.30. The zero-order valence-corrected chi connectivity index (χ0v) is 16.6. The Bertz CT molecular complexity index is 1350. The van der Waals surface area contributed by atoms with Crippen LogP contribution in [0, 0.1) is 28.6 Å². The van der Waals surface area contributed by atoms with Gasteiger partial charge in [-0.15, -0.1) is 0 Å². The van der Waals surface area contributed by atoms with E-state index in [1.807, 2.05) is 41.2 Å². The second kappa shape index (κ2) is 7.19. The Labute approximate surface area is 178 Å². The molecule has 5 rings (SSSR count). The maximum absolute atomic E-state index is 9.32. The van der Waals surface area contributed by atoms with Crippen LogP contribution in [0.15, 0.2) is 55.0 Å². The van der Waals surface area contributed by atoms with Crippen LogP contribution in [0.5, 0.6) is 0 Å². The van der Waals surface area contributed by atoms with E-state index < -0.39 is 5.54 Å². The molecule has 0 aromatic carbocycles. The molecule has 0 aliphatic heterocycles. The second-order valence-electron chi connectivity index (χ2n) is 7.84. The number of pyridine rings is 3. The van der Waals surface area contributed by atoms with Gasteiger partial charge in [0.25, 0.3) is 0 Å². The van der Waals surface area contributed by atoms with Gasteiger partial charge in [-0.05, 0) is 49.2 Å². The predicted molar refractivity (Wildman–Crippen MR) is 115 cm³/mol. The summed E-state index contributed by atoms with van der Waals surface area (Å²) in [5.41, 5.74) is 9.05. The van der Waals surface area contributed by atoms with Gasteiger partial charge in [-0.1, -0.05) is 0 Å². The molecule has 0 bridgehead atoms. The summed E-state index contributed by atoms with van der Waals surface area (Å²) < 4.78 is 1.83.